The summed E-state index contributed by atoms with van der Waals surface area (Å²) >= 11 is 4.50. The molecule has 0 aliphatic rings. The number of hydrogen-bond acceptors (Lipinski definition) is 1. The number of rotatable bonds is 0. The summed E-state index contributed by atoms with van der Waals surface area (Å²) in [5.74, 6) is 0. The van der Waals surface area contributed by atoms with Crippen LogP contribution in [0.4, 0.5) is 0 Å². The molecule has 0 unspecified atom stereocenters. The molecule has 0 aromatic heterocycles. The molecule has 0 aliphatic carbocycles. The van der Waals surface area contributed by atoms with E-state index in [0.717, 1.165) is 0 Å². The van der Waals surface area contributed by atoms with Crippen LogP contribution in [0.15, 0.2) is 0 Å². The van der Waals surface area contributed by atoms with Crippen molar-refractivity contribution in [3.8, 4) is 0 Å². The minimum absolute atomic E-state index is 0. The van der Waals surface area contributed by atoms with Crippen LogP contribution in [0.3, 0.4) is 0 Å². The van der Waals surface area contributed by atoms with Crippen LogP contribution in [0.1, 0.15) is 0 Å². The molecule has 0 rings (SSSR count). The number of halogens is 1. The van der Waals surface area contributed by atoms with Gasteiger partial charge < -0.3 is 0 Å². The molecule has 0 heterocycles. The van der Waals surface area contributed by atoms with E-state index in [2.05, 4.69) is 16.2 Å². The topological polar surface area (TPSA) is 9.23 Å². The van der Waals surface area contributed by atoms with Gasteiger partial charge in [-0.1, -0.05) is 0 Å². The number of hydrogen-bond donors (Lipinski definition) is 0. The fourth-order valence-electron chi connectivity index (χ4n) is 0. The predicted molar refractivity (Wildman–Crippen MR) is 20.0 cm³/mol. The Hall–Kier alpha value is 1.25. The van der Waals surface area contributed by atoms with Gasteiger partial charge in [-0.3, -0.25) is 4.29 Å². The Balaban J connectivity index is 0. The first kappa shape index (κ1) is 8.98. The van der Waals surface area contributed by atoms with Gasteiger partial charge in [0, 0.05) is 0 Å². The molecular formula is CH4ClNaO. The van der Waals surface area contributed by atoms with E-state index in [4.69, 9.17) is 0 Å². The zero-order valence-electron chi connectivity index (χ0n) is 1.79. The summed E-state index contributed by atoms with van der Waals surface area (Å²) < 4.78 is 3.72. The molecule has 0 radical (unpaired) electrons. The van der Waals surface area contributed by atoms with Crippen LogP contribution < -0.4 is 0 Å². The minimum atomic E-state index is 0. The molecule has 0 atom stereocenters. The molecule has 0 spiro atoms. The summed E-state index contributed by atoms with van der Waals surface area (Å²) in [6.45, 7) is 0. The van der Waals surface area contributed by atoms with Crippen LogP contribution in [0.25, 0.3) is 0 Å². The Morgan fingerprint density at radius 3 is 1.75 bits per heavy atom. The molecule has 0 aliphatic heterocycles. The molecule has 3 heteroatoms. The summed E-state index contributed by atoms with van der Waals surface area (Å²) in [5.41, 5.74) is 0. The summed E-state index contributed by atoms with van der Waals surface area (Å²) in [6.07, 6.45) is 0. The van der Waals surface area contributed by atoms with Gasteiger partial charge in [-0.05, 0) is 0 Å². The molecule has 0 aromatic carbocycles. The van der Waals surface area contributed by atoms with E-state index >= 15 is 0 Å². The summed E-state index contributed by atoms with van der Waals surface area (Å²) in [5, 5.41) is 0. The zero-order chi connectivity index (χ0) is 2.71. The van der Waals surface area contributed by atoms with Crippen molar-refractivity contribution in [3.05, 3.63) is 0 Å². The monoisotopic (exact) mass is 90.0 g/mol. The van der Waals surface area contributed by atoms with Crippen molar-refractivity contribution in [1.82, 2.24) is 0 Å². The Kier molecular flexibility index (Phi) is 19.9. The molecular weight excluding hydrogens is 86.5 g/mol. The third-order valence-corrected chi connectivity index (χ3v) is 0. The Bertz CT molecular complexity index is 8.00. The quantitative estimate of drug-likeness (QED) is 0.385. The summed E-state index contributed by atoms with van der Waals surface area (Å²) in [7, 11) is 1.39. The predicted octanol–water partition coefficient (Wildman–Crippen LogP) is 0.138. The van der Waals surface area contributed by atoms with Gasteiger partial charge in [-0.2, -0.15) is 0 Å². The van der Waals surface area contributed by atoms with Crippen LogP contribution in [0.2, 0.25) is 0 Å². The van der Waals surface area contributed by atoms with E-state index in [9.17, 15) is 0 Å². The van der Waals surface area contributed by atoms with Crippen molar-refractivity contribution < 1.29 is 4.29 Å². The van der Waals surface area contributed by atoms with E-state index in [1.807, 2.05) is 0 Å². The fourth-order valence-corrected chi connectivity index (χ4v) is 0. The van der Waals surface area contributed by atoms with E-state index in [-0.39, 0.29) is 29.6 Å². The summed E-state index contributed by atoms with van der Waals surface area (Å²) in [6, 6.07) is 0. The van der Waals surface area contributed by atoms with Crippen LogP contribution in [0, 0.1) is 0 Å². The van der Waals surface area contributed by atoms with Crippen LogP contribution >= 0.6 is 11.9 Å². The van der Waals surface area contributed by atoms with Crippen LogP contribution in [-0.4, -0.2) is 36.7 Å². The van der Waals surface area contributed by atoms with Crippen molar-refractivity contribution in [2.45, 2.75) is 0 Å². The van der Waals surface area contributed by atoms with Crippen molar-refractivity contribution in [2.75, 3.05) is 7.11 Å². The third-order valence-electron chi connectivity index (χ3n) is 0. The average Bonchev–Trinajstić information content (AvgIpc) is 0.918. The molecule has 0 N–H and O–H groups in total. The first-order chi connectivity index (χ1) is 1.41. The fraction of sp³-hybridized carbons (Fsp3) is 1.00. The molecule has 4 heavy (non-hydrogen) atoms. The Morgan fingerprint density at radius 1 is 1.75 bits per heavy atom. The average molecular weight is 90.5 g/mol. The molecule has 0 saturated heterocycles. The molecule has 1 nitrogen and oxygen atoms in total. The molecule has 0 amide bonds. The second-order valence-electron chi connectivity index (χ2n) is 0.154. The van der Waals surface area contributed by atoms with Crippen molar-refractivity contribution in [3.63, 3.8) is 0 Å². The molecule has 0 bridgehead atoms. The zero-order valence-corrected chi connectivity index (χ0v) is 2.54. The first-order valence-corrected chi connectivity index (χ1v) is 0.871. The normalized spacial score (nSPS) is 4.50. The van der Waals surface area contributed by atoms with E-state index < -0.39 is 0 Å². The van der Waals surface area contributed by atoms with Gasteiger partial charge in [0.1, 0.15) is 0 Å². The maximum atomic E-state index is 4.50. The molecule has 0 aromatic rings. The third kappa shape index (κ3) is 10.5. The Morgan fingerprint density at radius 2 is 1.75 bits per heavy atom. The van der Waals surface area contributed by atoms with Gasteiger partial charge in [-0.15, -0.1) is 0 Å². The Labute approximate surface area is 52.7 Å². The van der Waals surface area contributed by atoms with Gasteiger partial charge in [0.15, 0.2) is 0 Å². The second kappa shape index (κ2) is 8.87. The summed E-state index contributed by atoms with van der Waals surface area (Å²) in [4.78, 5) is 0. The van der Waals surface area contributed by atoms with Crippen molar-refractivity contribution in [2.24, 2.45) is 0 Å². The maximum absolute atomic E-state index is 4.50. The van der Waals surface area contributed by atoms with Gasteiger partial charge >= 0.3 is 29.6 Å². The van der Waals surface area contributed by atoms with Gasteiger partial charge in [0.25, 0.3) is 0 Å². The molecule has 0 saturated carbocycles. The molecule has 22 valence electrons. The van der Waals surface area contributed by atoms with Crippen molar-refractivity contribution in [1.29, 1.82) is 0 Å². The SMILES string of the molecule is COCl.[NaH]. The van der Waals surface area contributed by atoms with E-state index in [0.29, 0.717) is 0 Å². The van der Waals surface area contributed by atoms with Crippen LogP contribution in [-0.2, 0) is 4.29 Å². The van der Waals surface area contributed by atoms with Crippen LogP contribution in [0.5, 0.6) is 0 Å². The van der Waals surface area contributed by atoms with E-state index in [1.165, 1.54) is 7.11 Å². The van der Waals surface area contributed by atoms with Crippen molar-refractivity contribution >= 4 is 41.4 Å². The van der Waals surface area contributed by atoms with Gasteiger partial charge in [0.2, 0.25) is 0 Å². The van der Waals surface area contributed by atoms with E-state index in [1.54, 1.807) is 0 Å². The first-order valence-electron chi connectivity index (χ1n) is 0.563. The van der Waals surface area contributed by atoms with Gasteiger partial charge in [-0.25, -0.2) is 0 Å². The molecule has 0 fully saturated rings. The van der Waals surface area contributed by atoms with Gasteiger partial charge in [0.05, 0.1) is 19.0 Å². The second-order valence-corrected chi connectivity index (χ2v) is 0.463. The standard InChI is InChI=1S/CH3ClO.Na.H/c1-3-2;;/h1H3;;.